The molecule has 0 aromatic rings. The molecular weight excluding hydrogens is 176 g/mol. The molecule has 0 aromatic heterocycles. The second-order valence-corrected chi connectivity index (χ2v) is 4.88. The molecule has 1 heterocycles. The van der Waals surface area contributed by atoms with Gasteiger partial charge in [-0.25, -0.2) is 0 Å². The van der Waals surface area contributed by atoms with Gasteiger partial charge in [0.2, 0.25) is 5.91 Å². The molecule has 14 heavy (non-hydrogen) atoms. The Kier molecular flexibility index (Phi) is 2.52. The standard InChI is InChI=1S/C11H20N2O/c1-8-6-13(7-9(2)12(8)3)11(14)10-4-5-10/h8-10H,4-7H2,1-3H3. The first-order valence-electron chi connectivity index (χ1n) is 5.60. The largest absolute Gasteiger partial charge is 0.339 e. The van der Waals surface area contributed by atoms with Crippen LogP contribution < -0.4 is 0 Å². The third-order valence-corrected chi connectivity index (χ3v) is 3.60. The van der Waals surface area contributed by atoms with Crippen molar-refractivity contribution in [1.82, 2.24) is 9.80 Å². The van der Waals surface area contributed by atoms with E-state index in [2.05, 4.69) is 30.7 Å². The van der Waals surface area contributed by atoms with E-state index in [0.717, 1.165) is 25.9 Å². The molecule has 2 rings (SSSR count). The number of rotatable bonds is 1. The SMILES string of the molecule is CC1CN(C(=O)C2CC2)CC(C)N1C. The Hall–Kier alpha value is -0.570. The van der Waals surface area contributed by atoms with E-state index in [0.29, 0.717) is 23.9 Å². The summed E-state index contributed by atoms with van der Waals surface area (Å²) in [4.78, 5) is 16.3. The molecule has 0 bridgehead atoms. The van der Waals surface area contributed by atoms with Gasteiger partial charge >= 0.3 is 0 Å². The number of likely N-dealkylation sites (N-methyl/N-ethyl adjacent to an activating group) is 1. The number of hydrogen-bond donors (Lipinski definition) is 0. The Morgan fingerprint density at radius 2 is 1.64 bits per heavy atom. The van der Waals surface area contributed by atoms with Crippen LogP contribution in [0.25, 0.3) is 0 Å². The molecule has 1 aliphatic heterocycles. The number of hydrogen-bond acceptors (Lipinski definition) is 2. The minimum absolute atomic E-state index is 0.373. The fourth-order valence-corrected chi connectivity index (χ4v) is 2.17. The summed E-state index contributed by atoms with van der Waals surface area (Å²) in [7, 11) is 2.15. The summed E-state index contributed by atoms with van der Waals surface area (Å²) in [6.45, 7) is 6.22. The fraction of sp³-hybridized carbons (Fsp3) is 0.909. The summed E-state index contributed by atoms with van der Waals surface area (Å²) in [5, 5.41) is 0. The summed E-state index contributed by atoms with van der Waals surface area (Å²) in [6, 6.07) is 1.00. The van der Waals surface area contributed by atoms with E-state index in [1.165, 1.54) is 0 Å². The number of amides is 1. The fourth-order valence-electron chi connectivity index (χ4n) is 2.17. The second-order valence-electron chi connectivity index (χ2n) is 4.88. The topological polar surface area (TPSA) is 23.6 Å². The highest BCUT2D eigenvalue weighted by Crippen LogP contribution is 2.32. The highest BCUT2D eigenvalue weighted by molar-refractivity contribution is 5.81. The molecule has 1 saturated heterocycles. The number of nitrogens with zero attached hydrogens (tertiary/aromatic N) is 2. The average molecular weight is 196 g/mol. The molecule has 80 valence electrons. The normalized spacial score (nSPS) is 34.6. The van der Waals surface area contributed by atoms with Crippen LogP contribution in [0.15, 0.2) is 0 Å². The minimum atomic E-state index is 0.373. The first-order valence-corrected chi connectivity index (χ1v) is 5.60. The molecule has 1 amide bonds. The van der Waals surface area contributed by atoms with Crippen LogP contribution in [-0.2, 0) is 4.79 Å². The molecule has 2 unspecified atom stereocenters. The maximum absolute atomic E-state index is 11.9. The van der Waals surface area contributed by atoms with Crippen molar-refractivity contribution in [1.29, 1.82) is 0 Å². The van der Waals surface area contributed by atoms with E-state index in [1.807, 2.05) is 0 Å². The second kappa shape index (κ2) is 3.54. The minimum Gasteiger partial charge on any atom is -0.339 e. The molecule has 0 aromatic carbocycles. The van der Waals surface area contributed by atoms with Crippen LogP contribution >= 0.6 is 0 Å². The Morgan fingerprint density at radius 1 is 1.14 bits per heavy atom. The first kappa shape index (κ1) is 9.97. The molecule has 0 radical (unpaired) electrons. The van der Waals surface area contributed by atoms with E-state index in [4.69, 9.17) is 0 Å². The van der Waals surface area contributed by atoms with Gasteiger partial charge < -0.3 is 4.90 Å². The van der Waals surface area contributed by atoms with Gasteiger partial charge in [0.05, 0.1) is 0 Å². The van der Waals surface area contributed by atoms with Crippen LogP contribution in [0.3, 0.4) is 0 Å². The van der Waals surface area contributed by atoms with Crippen LogP contribution in [0.2, 0.25) is 0 Å². The van der Waals surface area contributed by atoms with Gasteiger partial charge in [-0.1, -0.05) is 0 Å². The zero-order valence-electron chi connectivity index (χ0n) is 9.36. The molecule has 2 fully saturated rings. The number of carbonyl (C=O) groups excluding carboxylic acids is 1. The van der Waals surface area contributed by atoms with Crippen LogP contribution in [0.4, 0.5) is 0 Å². The van der Waals surface area contributed by atoms with Gasteiger partial charge in [-0.15, -0.1) is 0 Å². The number of piperazine rings is 1. The third-order valence-electron chi connectivity index (χ3n) is 3.60. The van der Waals surface area contributed by atoms with E-state index < -0.39 is 0 Å². The third kappa shape index (κ3) is 1.78. The van der Waals surface area contributed by atoms with Gasteiger partial charge in [0.1, 0.15) is 0 Å². The van der Waals surface area contributed by atoms with Gasteiger partial charge in [0.15, 0.2) is 0 Å². The zero-order valence-corrected chi connectivity index (χ0v) is 9.36. The smallest absolute Gasteiger partial charge is 0.225 e. The van der Waals surface area contributed by atoms with E-state index in [-0.39, 0.29) is 0 Å². The summed E-state index contributed by atoms with van der Waals surface area (Å²) in [5.41, 5.74) is 0. The lowest BCUT2D eigenvalue weighted by atomic mass is 10.1. The monoisotopic (exact) mass is 196 g/mol. The molecule has 3 heteroatoms. The molecule has 0 N–H and O–H groups in total. The maximum Gasteiger partial charge on any atom is 0.225 e. The molecule has 0 spiro atoms. The van der Waals surface area contributed by atoms with Crippen molar-refractivity contribution >= 4 is 5.91 Å². The van der Waals surface area contributed by atoms with Crippen molar-refractivity contribution in [2.75, 3.05) is 20.1 Å². The van der Waals surface area contributed by atoms with E-state index in [1.54, 1.807) is 0 Å². The van der Waals surface area contributed by atoms with Crippen molar-refractivity contribution in [3.8, 4) is 0 Å². The van der Waals surface area contributed by atoms with Crippen LogP contribution in [0, 0.1) is 5.92 Å². The van der Waals surface area contributed by atoms with Crippen molar-refractivity contribution in [2.24, 2.45) is 5.92 Å². The molecule has 2 aliphatic rings. The van der Waals surface area contributed by atoms with Crippen molar-refractivity contribution in [3.05, 3.63) is 0 Å². The number of carbonyl (C=O) groups is 1. The van der Waals surface area contributed by atoms with Crippen molar-refractivity contribution in [2.45, 2.75) is 38.8 Å². The van der Waals surface area contributed by atoms with Crippen molar-refractivity contribution in [3.63, 3.8) is 0 Å². The lowest BCUT2D eigenvalue weighted by molar-refractivity contribution is -0.136. The molecule has 1 saturated carbocycles. The quantitative estimate of drug-likeness (QED) is 0.623. The highest BCUT2D eigenvalue weighted by atomic mass is 16.2. The lowest BCUT2D eigenvalue weighted by Gasteiger charge is -2.42. The Labute approximate surface area is 86.1 Å². The maximum atomic E-state index is 11.9. The summed E-state index contributed by atoms with van der Waals surface area (Å²) >= 11 is 0. The predicted octanol–water partition coefficient (Wildman–Crippen LogP) is 0.947. The summed E-state index contributed by atoms with van der Waals surface area (Å²) in [6.07, 6.45) is 2.24. The molecule has 3 nitrogen and oxygen atoms in total. The molecule has 2 atom stereocenters. The highest BCUT2D eigenvalue weighted by Gasteiger charge is 2.37. The van der Waals surface area contributed by atoms with Gasteiger partial charge in [0, 0.05) is 31.1 Å². The zero-order chi connectivity index (χ0) is 10.3. The van der Waals surface area contributed by atoms with Gasteiger partial charge in [-0.3, -0.25) is 9.69 Å². The lowest BCUT2D eigenvalue weighted by Crippen LogP contribution is -2.56. The van der Waals surface area contributed by atoms with Gasteiger partial charge in [-0.05, 0) is 33.7 Å². The molecular formula is C11H20N2O. The Balaban J connectivity index is 1.97. The van der Waals surface area contributed by atoms with Crippen LogP contribution in [0.1, 0.15) is 26.7 Å². The van der Waals surface area contributed by atoms with Crippen LogP contribution in [0.5, 0.6) is 0 Å². The Bertz CT molecular complexity index is 225. The van der Waals surface area contributed by atoms with E-state index >= 15 is 0 Å². The predicted molar refractivity (Wildman–Crippen MR) is 56.0 cm³/mol. The average Bonchev–Trinajstić information content (AvgIpc) is 2.95. The summed E-state index contributed by atoms with van der Waals surface area (Å²) < 4.78 is 0. The van der Waals surface area contributed by atoms with Gasteiger partial charge in [0.25, 0.3) is 0 Å². The van der Waals surface area contributed by atoms with Crippen molar-refractivity contribution < 1.29 is 4.79 Å². The summed E-state index contributed by atoms with van der Waals surface area (Å²) in [5.74, 6) is 0.773. The van der Waals surface area contributed by atoms with Gasteiger partial charge in [-0.2, -0.15) is 0 Å². The first-order chi connectivity index (χ1) is 6.59. The van der Waals surface area contributed by atoms with Crippen LogP contribution in [-0.4, -0.2) is 47.9 Å². The Morgan fingerprint density at radius 3 is 2.07 bits per heavy atom. The van der Waals surface area contributed by atoms with E-state index in [9.17, 15) is 4.79 Å². The molecule has 1 aliphatic carbocycles.